The SMILES string of the molecule is CC1CN(c2ccc(C(=N)N)c3ccccc23)CCS1. The summed E-state index contributed by atoms with van der Waals surface area (Å²) in [5.41, 5.74) is 7.78. The van der Waals surface area contributed by atoms with E-state index in [1.54, 1.807) is 0 Å². The van der Waals surface area contributed by atoms with Gasteiger partial charge in [0, 0.05) is 40.7 Å². The van der Waals surface area contributed by atoms with Gasteiger partial charge in [0.05, 0.1) is 0 Å². The molecule has 0 aliphatic carbocycles. The summed E-state index contributed by atoms with van der Waals surface area (Å²) in [6, 6.07) is 12.3. The molecule has 3 N–H and O–H groups in total. The summed E-state index contributed by atoms with van der Waals surface area (Å²) in [7, 11) is 0. The van der Waals surface area contributed by atoms with Crippen LogP contribution in [0.4, 0.5) is 5.69 Å². The van der Waals surface area contributed by atoms with Gasteiger partial charge in [0.2, 0.25) is 0 Å². The number of rotatable bonds is 2. The molecule has 0 radical (unpaired) electrons. The number of hydrogen-bond donors (Lipinski definition) is 2. The Balaban J connectivity index is 2.12. The number of anilines is 1. The van der Waals surface area contributed by atoms with Crippen LogP contribution in [0.2, 0.25) is 0 Å². The predicted molar refractivity (Wildman–Crippen MR) is 89.1 cm³/mol. The van der Waals surface area contributed by atoms with E-state index >= 15 is 0 Å². The van der Waals surface area contributed by atoms with Gasteiger partial charge in [0.1, 0.15) is 5.84 Å². The molecule has 0 amide bonds. The molecule has 1 aliphatic heterocycles. The molecule has 2 aromatic carbocycles. The van der Waals surface area contributed by atoms with Crippen LogP contribution < -0.4 is 10.6 Å². The molecular weight excluding hydrogens is 266 g/mol. The number of nitrogen functional groups attached to an aromatic ring is 1. The van der Waals surface area contributed by atoms with Gasteiger partial charge in [-0.1, -0.05) is 31.2 Å². The van der Waals surface area contributed by atoms with Crippen molar-refractivity contribution in [2.75, 3.05) is 23.7 Å². The van der Waals surface area contributed by atoms with E-state index in [2.05, 4.69) is 36.1 Å². The van der Waals surface area contributed by atoms with E-state index in [-0.39, 0.29) is 5.84 Å². The largest absolute Gasteiger partial charge is 0.384 e. The van der Waals surface area contributed by atoms with Crippen molar-refractivity contribution in [3.63, 3.8) is 0 Å². The second-order valence-corrected chi connectivity index (χ2v) is 6.77. The fourth-order valence-corrected chi connectivity index (χ4v) is 3.84. The Morgan fingerprint density at radius 1 is 1.25 bits per heavy atom. The normalized spacial score (nSPS) is 19.2. The second kappa shape index (κ2) is 5.37. The minimum absolute atomic E-state index is 0.135. The summed E-state index contributed by atoms with van der Waals surface area (Å²) in [4.78, 5) is 2.45. The molecule has 0 spiro atoms. The maximum Gasteiger partial charge on any atom is 0.123 e. The fraction of sp³-hybridized carbons (Fsp3) is 0.312. The number of hydrogen-bond acceptors (Lipinski definition) is 3. The van der Waals surface area contributed by atoms with Gasteiger partial charge in [-0.15, -0.1) is 0 Å². The first-order valence-corrected chi connectivity index (χ1v) is 7.94. The summed E-state index contributed by atoms with van der Waals surface area (Å²) in [6.07, 6.45) is 0. The van der Waals surface area contributed by atoms with Crippen molar-refractivity contribution < 1.29 is 0 Å². The highest BCUT2D eigenvalue weighted by atomic mass is 32.2. The van der Waals surface area contributed by atoms with Crippen LogP contribution >= 0.6 is 11.8 Å². The van der Waals surface area contributed by atoms with Gasteiger partial charge in [0.25, 0.3) is 0 Å². The molecule has 104 valence electrons. The Labute approximate surface area is 123 Å². The van der Waals surface area contributed by atoms with Crippen molar-refractivity contribution in [2.45, 2.75) is 12.2 Å². The molecule has 1 fully saturated rings. The maximum absolute atomic E-state index is 7.73. The topological polar surface area (TPSA) is 53.1 Å². The molecule has 4 heteroatoms. The third-order valence-electron chi connectivity index (χ3n) is 3.77. The van der Waals surface area contributed by atoms with Gasteiger partial charge in [-0.3, -0.25) is 5.41 Å². The molecule has 0 bridgehead atoms. The van der Waals surface area contributed by atoms with Gasteiger partial charge in [-0.25, -0.2) is 0 Å². The number of nitrogens with zero attached hydrogens (tertiary/aromatic N) is 1. The van der Waals surface area contributed by atoms with E-state index in [1.807, 2.05) is 23.9 Å². The maximum atomic E-state index is 7.73. The van der Waals surface area contributed by atoms with E-state index in [0.717, 1.165) is 24.0 Å². The van der Waals surface area contributed by atoms with Gasteiger partial charge >= 0.3 is 0 Å². The quantitative estimate of drug-likeness (QED) is 0.658. The molecule has 1 saturated heterocycles. The van der Waals surface area contributed by atoms with E-state index in [1.165, 1.54) is 16.8 Å². The molecule has 0 saturated carbocycles. The minimum atomic E-state index is 0.135. The Bertz CT molecular complexity index is 653. The van der Waals surface area contributed by atoms with E-state index in [9.17, 15) is 0 Å². The Hall–Kier alpha value is -1.68. The van der Waals surface area contributed by atoms with Crippen molar-refractivity contribution in [2.24, 2.45) is 5.73 Å². The Kier molecular flexibility index (Phi) is 3.57. The van der Waals surface area contributed by atoms with Crippen LogP contribution in [0, 0.1) is 5.41 Å². The zero-order valence-electron chi connectivity index (χ0n) is 11.6. The summed E-state index contributed by atoms with van der Waals surface area (Å²) in [6.45, 7) is 4.44. The lowest BCUT2D eigenvalue weighted by Gasteiger charge is -2.33. The monoisotopic (exact) mass is 285 g/mol. The van der Waals surface area contributed by atoms with Crippen LogP contribution in [0.1, 0.15) is 12.5 Å². The lowest BCUT2D eigenvalue weighted by atomic mass is 10.0. The highest BCUT2D eigenvalue weighted by molar-refractivity contribution is 8.00. The van der Waals surface area contributed by atoms with Crippen LogP contribution in [0.25, 0.3) is 10.8 Å². The van der Waals surface area contributed by atoms with E-state index in [0.29, 0.717) is 5.25 Å². The zero-order chi connectivity index (χ0) is 14.1. The molecule has 20 heavy (non-hydrogen) atoms. The first-order chi connectivity index (χ1) is 9.66. The summed E-state index contributed by atoms with van der Waals surface area (Å²) < 4.78 is 0. The lowest BCUT2D eigenvalue weighted by Crippen LogP contribution is -2.36. The number of nitrogens with two attached hydrogens (primary N) is 1. The Morgan fingerprint density at radius 3 is 2.70 bits per heavy atom. The molecule has 2 aromatic rings. The van der Waals surface area contributed by atoms with Crippen LogP contribution in [-0.2, 0) is 0 Å². The fourth-order valence-electron chi connectivity index (χ4n) is 2.83. The summed E-state index contributed by atoms with van der Waals surface area (Å²) in [5, 5.41) is 10.7. The van der Waals surface area contributed by atoms with Crippen molar-refractivity contribution in [3.8, 4) is 0 Å². The smallest absolute Gasteiger partial charge is 0.123 e. The Morgan fingerprint density at radius 2 is 2.00 bits per heavy atom. The van der Waals surface area contributed by atoms with Gasteiger partial charge in [-0.2, -0.15) is 11.8 Å². The molecule has 1 heterocycles. The number of nitrogens with one attached hydrogen (secondary N) is 1. The molecule has 1 unspecified atom stereocenters. The first-order valence-electron chi connectivity index (χ1n) is 6.89. The van der Waals surface area contributed by atoms with Gasteiger partial charge in [-0.05, 0) is 17.5 Å². The molecule has 0 aromatic heterocycles. The predicted octanol–water partition coefficient (Wildman–Crippen LogP) is 3.07. The molecule has 1 aliphatic rings. The van der Waals surface area contributed by atoms with Crippen molar-refractivity contribution >= 4 is 34.1 Å². The third kappa shape index (κ3) is 2.36. The van der Waals surface area contributed by atoms with Gasteiger partial charge < -0.3 is 10.6 Å². The highest BCUT2D eigenvalue weighted by Gasteiger charge is 2.19. The van der Waals surface area contributed by atoms with E-state index < -0.39 is 0 Å². The second-order valence-electron chi connectivity index (χ2n) is 5.22. The van der Waals surface area contributed by atoms with Crippen molar-refractivity contribution in [1.82, 2.24) is 0 Å². The van der Waals surface area contributed by atoms with Gasteiger partial charge in [0.15, 0.2) is 0 Å². The van der Waals surface area contributed by atoms with Crippen LogP contribution in [0.5, 0.6) is 0 Å². The van der Waals surface area contributed by atoms with Crippen LogP contribution in [0.15, 0.2) is 36.4 Å². The molecular formula is C16H19N3S. The number of thioether (sulfide) groups is 1. The zero-order valence-corrected chi connectivity index (χ0v) is 12.4. The summed E-state index contributed by atoms with van der Waals surface area (Å²) >= 11 is 2.03. The number of fused-ring (bicyclic) bond motifs is 1. The standard InChI is InChI=1S/C16H19N3S/c1-11-10-19(8-9-20-11)15-7-6-14(16(17)18)12-4-2-3-5-13(12)15/h2-7,11H,8-10H2,1H3,(H3,17,18). The van der Waals surface area contributed by atoms with Crippen molar-refractivity contribution in [3.05, 3.63) is 42.0 Å². The number of benzene rings is 2. The first kappa shape index (κ1) is 13.3. The average molecular weight is 285 g/mol. The highest BCUT2D eigenvalue weighted by Crippen LogP contribution is 2.32. The molecule has 3 rings (SSSR count). The summed E-state index contributed by atoms with van der Waals surface area (Å²) in [5.74, 6) is 1.31. The van der Waals surface area contributed by atoms with Crippen LogP contribution in [-0.4, -0.2) is 29.9 Å². The van der Waals surface area contributed by atoms with Crippen molar-refractivity contribution in [1.29, 1.82) is 5.41 Å². The average Bonchev–Trinajstić information content (AvgIpc) is 2.46. The third-order valence-corrected chi connectivity index (χ3v) is 4.91. The van der Waals surface area contributed by atoms with Crippen LogP contribution in [0.3, 0.4) is 0 Å². The minimum Gasteiger partial charge on any atom is -0.384 e. The molecule has 1 atom stereocenters. The lowest BCUT2D eigenvalue weighted by molar-refractivity contribution is 0.786. The molecule has 3 nitrogen and oxygen atoms in total. The number of amidine groups is 1. The van der Waals surface area contributed by atoms with E-state index in [4.69, 9.17) is 11.1 Å².